The average Bonchev–Trinajstić information content (AvgIpc) is 2.52. The van der Waals surface area contributed by atoms with E-state index >= 15 is 0 Å². The molecule has 0 aromatic heterocycles. The molecule has 1 fully saturated rings. The SMILES string of the molecule is Cl.O=C1CN(Cc2ccccc2)CCC1Cc1ccccc1. The maximum absolute atomic E-state index is 12.4. The van der Waals surface area contributed by atoms with Gasteiger partial charge in [-0.3, -0.25) is 9.69 Å². The molecule has 1 unspecified atom stereocenters. The minimum atomic E-state index is 0. The molecular formula is C19H22ClNO. The minimum Gasteiger partial charge on any atom is -0.298 e. The van der Waals surface area contributed by atoms with Crippen LogP contribution in [0.5, 0.6) is 0 Å². The second kappa shape index (κ2) is 8.11. The van der Waals surface area contributed by atoms with E-state index in [1.54, 1.807) is 0 Å². The van der Waals surface area contributed by atoms with Gasteiger partial charge in [-0.25, -0.2) is 0 Å². The highest BCUT2D eigenvalue weighted by molar-refractivity contribution is 5.85. The molecule has 0 amide bonds. The second-order valence-corrected chi connectivity index (χ2v) is 5.84. The van der Waals surface area contributed by atoms with Crippen molar-refractivity contribution < 1.29 is 4.79 Å². The molecule has 1 atom stereocenters. The standard InChI is InChI=1S/C19H21NO.ClH/c21-19-15-20(14-17-9-5-2-6-10-17)12-11-18(19)13-16-7-3-1-4-8-16;/h1-10,18H,11-15H2;1H. The lowest BCUT2D eigenvalue weighted by Gasteiger charge is -2.31. The van der Waals surface area contributed by atoms with E-state index in [1.165, 1.54) is 11.1 Å². The molecule has 2 nitrogen and oxygen atoms in total. The van der Waals surface area contributed by atoms with Crippen molar-refractivity contribution in [2.24, 2.45) is 5.92 Å². The summed E-state index contributed by atoms with van der Waals surface area (Å²) in [5.41, 5.74) is 2.55. The van der Waals surface area contributed by atoms with E-state index in [2.05, 4.69) is 41.3 Å². The first-order valence-corrected chi connectivity index (χ1v) is 7.64. The van der Waals surface area contributed by atoms with Gasteiger partial charge in [0.25, 0.3) is 0 Å². The Morgan fingerprint density at radius 1 is 0.909 bits per heavy atom. The zero-order valence-electron chi connectivity index (χ0n) is 12.7. The number of rotatable bonds is 4. The number of piperidine rings is 1. The number of nitrogens with zero attached hydrogens (tertiary/aromatic N) is 1. The smallest absolute Gasteiger partial charge is 0.150 e. The molecule has 0 saturated carbocycles. The van der Waals surface area contributed by atoms with Crippen LogP contribution in [0.4, 0.5) is 0 Å². The van der Waals surface area contributed by atoms with E-state index in [9.17, 15) is 4.79 Å². The van der Waals surface area contributed by atoms with Crippen LogP contribution >= 0.6 is 12.4 Å². The average molecular weight is 316 g/mol. The zero-order valence-corrected chi connectivity index (χ0v) is 13.5. The van der Waals surface area contributed by atoms with Crippen LogP contribution in [0.15, 0.2) is 60.7 Å². The molecule has 0 aliphatic carbocycles. The van der Waals surface area contributed by atoms with Gasteiger partial charge < -0.3 is 0 Å². The number of benzene rings is 2. The Morgan fingerprint density at radius 2 is 1.50 bits per heavy atom. The van der Waals surface area contributed by atoms with Gasteiger partial charge in [-0.15, -0.1) is 12.4 Å². The van der Waals surface area contributed by atoms with Crippen LogP contribution in [-0.2, 0) is 17.8 Å². The molecule has 116 valence electrons. The van der Waals surface area contributed by atoms with Crippen LogP contribution in [0, 0.1) is 5.92 Å². The van der Waals surface area contributed by atoms with Crippen LogP contribution < -0.4 is 0 Å². The summed E-state index contributed by atoms with van der Waals surface area (Å²) in [4.78, 5) is 14.6. The van der Waals surface area contributed by atoms with Crippen molar-refractivity contribution in [2.45, 2.75) is 19.4 Å². The van der Waals surface area contributed by atoms with Crippen LogP contribution in [-0.4, -0.2) is 23.8 Å². The number of halogens is 1. The Kier molecular flexibility index (Phi) is 6.17. The normalized spacial score (nSPS) is 18.7. The van der Waals surface area contributed by atoms with Crippen molar-refractivity contribution in [3.8, 4) is 0 Å². The van der Waals surface area contributed by atoms with Gasteiger partial charge in [-0.1, -0.05) is 60.7 Å². The topological polar surface area (TPSA) is 20.3 Å². The highest BCUT2D eigenvalue weighted by Crippen LogP contribution is 2.20. The largest absolute Gasteiger partial charge is 0.298 e. The van der Waals surface area contributed by atoms with Gasteiger partial charge >= 0.3 is 0 Å². The second-order valence-electron chi connectivity index (χ2n) is 5.84. The fraction of sp³-hybridized carbons (Fsp3) is 0.316. The minimum absolute atomic E-state index is 0. The van der Waals surface area contributed by atoms with Crippen LogP contribution in [0.1, 0.15) is 17.5 Å². The van der Waals surface area contributed by atoms with Gasteiger partial charge in [0.05, 0.1) is 6.54 Å². The first kappa shape index (κ1) is 16.7. The summed E-state index contributed by atoms with van der Waals surface area (Å²) in [7, 11) is 0. The predicted molar refractivity (Wildman–Crippen MR) is 92.2 cm³/mol. The van der Waals surface area contributed by atoms with Gasteiger partial charge in [0, 0.05) is 12.5 Å². The summed E-state index contributed by atoms with van der Waals surface area (Å²) in [6, 6.07) is 20.7. The van der Waals surface area contributed by atoms with E-state index in [-0.39, 0.29) is 18.3 Å². The van der Waals surface area contributed by atoms with Crippen molar-refractivity contribution in [1.29, 1.82) is 0 Å². The van der Waals surface area contributed by atoms with E-state index in [0.29, 0.717) is 12.3 Å². The zero-order chi connectivity index (χ0) is 14.5. The molecular weight excluding hydrogens is 294 g/mol. The number of carbonyl (C=O) groups is 1. The Bertz CT molecular complexity index is 585. The van der Waals surface area contributed by atoms with Gasteiger partial charge in [0.15, 0.2) is 0 Å². The van der Waals surface area contributed by atoms with Crippen LogP contribution in [0.3, 0.4) is 0 Å². The van der Waals surface area contributed by atoms with E-state index < -0.39 is 0 Å². The molecule has 0 N–H and O–H groups in total. The number of hydrogen-bond acceptors (Lipinski definition) is 2. The number of hydrogen-bond donors (Lipinski definition) is 0. The molecule has 2 aromatic carbocycles. The molecule has 1 aliphatic rings. The summed E-state index contributed by atoms with van der Waals surface area (Å²) < 4.78 is 0. The quantitative estimate of drug-likeness (QED) is 0.856. The first-order chi connectivity index (χ1) is 10.3. The van der Waals surface area contributed by atoms with Gasteiger partial charge in [-0.05, 0) is 30.5 Å². The maximum atomic E-state index is 12.4. The van der Waals surface area contributed by atoms with E-state index in [4.69, 9.17) is 0 Å². The fourth-order valence-corrected chi connectivity index (χ4v) is 3.02. The monoisotopic (exact) mass is 315 g/mol. The summed E-state index contributed by atoms with van der Waals surface area (Å²) in [6.45, 7) is 2.48. The third-order valence-electron chi connectivity index (χ3n) is 4.20. The van der Waals surface area contributed by atoms with E-state index in [0.717, 1.165) is 25.9 Å². The summed E-state index contributed by atoms with van der Waals surface area (Å²) >= 11 is 0. The fourth-order valence-electron chi connectivity index (χ4n) is 3.02. The molecule has 3 rings (SSSR count). The summed E-state index contributed by atoms with van der Waals surface area (Å²) in [6.07, 6.45) is 1.86. The lowest BCUT2D eigenvalue weighted by Crippen LogP contribution is -2.41. The lowest BCUT2D eigenvalue weighted by atomic mass is 9.89. The molecule has 1 aliphatic heterocycles. The number of Topliss-reactive ketones (excluding diaryl/α,β-unsaturated/α-hetero) is 1. The highest BCUT2D eigenvalue weighted by Gasteiger charge is 2.26. The van der Waals surface area contributed by atoms with Crippen molar-refractivity contribution in [2.75, 3.05) is 13.1 Å². The summed E-state index contributed by atoms with van der Waals surface area (Å²) in [5.74, 6) is 0.584. The van der Waals surface area contributed by atoms with Crippen LogP contribution in [0.2, 0.25) is 0 Å². The van der Waals surface area contributed by atoms with E-state index in [1.807, 2.05) is 24.3 Å². The van der Waals surface area contributed by atoms with Crippen molar-refractivity contribution >= 4 is 18.2 Å². The molecule has 0 spiro atoms. The maximum Gasteiger partial charge on any atom is 0.150 e. The predicted octanol–water partition coefficient (Wildman–Crippen LogP) is 3.74. The number of ketones is 1. The molecule has 0 bridgehead atoms. The molecule has 0 radical (unpaired) electrons. The van der Waals surface area contributed by atoms with Crippen molar-refractivity contribution in [3.63, 3.8) is 0 Å². The molecule has 2 aromatic rings. The Labute approximate surface area is 138 Å². The highest BCUT2D eigenvalue weighted by atomic mass is 35.5. The van der Waals surface area contributed by atoms with Gasteiger partial charge in [0.1, 0.15) is 5.78 Å². The van der Waals surface area contributed by atoms with Crippen molar-refractivity contribution in [3.05, 3.63) is 71.8 Å². The third kappa shape index (κ3) is 4.43. The van der Waals surface area contributed by atoms with Crippen LogP contribution in [0.25, 0.3) is 0 Å². The van der Waals surface area contributed by atoms with Gasteiger partial charge in [0.2, 0.25) is 0 Å². The Morgan fingerprint density at radius 3 is 2.09 bits per heavy atom. The van der Waals surface area contributed by atoms with Crippen molar-refractivity contribution in [1.82, 2.24) is 4.90 Å². The Hall–Kier alpha value is -1.64. The molecule has 22 heavy (non-hydrogen) atoms. The van der Waals surface area contributed by atoms with Gasteiger partial charge in [-0.2, -0.15) is 0 Å². The number of carbonyl (C=O) groups excluding carboxylic acids is 1. The molecule has 3 heteroatoms. The third-order valence-corrected chi connectivity index (χ3v) is 4.20. The Balaban J connectivity index is 0.00000176. The lowest BCUT2D eigenvalue weighted by molar-refractivity contribution is -0.126. The first-order valence-electron chi connectivity index (χ1n) is 7.64. The molecule has 1 saturated heterocycles. The number of likely N-dealkylation sites (tertiary alicyclic amines) is 1. The molecule has 1 heterocycles. The summed E-state index contributed by atoms with van der Waals surface area (Å²) in [5, 5.41) is 0.